The van der Waals surface area contributed by atoms with Gasteiger partial charge in [0.15, 0.2) is 0 Å². The maximum atomic E-state index is 13.6. The van der Waals surface area contributed by atoms with Crippen LogP contribution in [0.1, 0.15) is 6.92 Å². The molecule has 0 fully saturated rings. The largest absolute Gasteiger partial charge is 0.370 e. The molecule has 21 heavy (non-hydrogen) atoms. The van der Waals surface area contributed by atoms with E-state index in [1.54, 1.807) is 0 Å². The predicted octanol–water partition coefficient (Wildman–Crippen LogP) is 3.11. The van der Waals surface area contributed by atoms with E-state index in [2.05, 4.69) is 15.0 Å². The Labute approximate surface area is 127 Å². The van der Waals surface area contributed by atoms with Crippen LogP contribution in [-0.4, -0.2) is 19.9 Å². The number of benzene rings is 1. The Morgan fingerprint density at radius 2 is 2.05 bits per heavy atom. The molecule has 0 atom stereocenters. The minimum atomic E-state index is -3.92. The van der Waals surface area contributed by atoms with Gasteiger partial charge in [0, 0.05) is 17.8 Å². The zero-order valence-corrected chi connectivity index (χ0v) is 12.7. The van der Waals surface area contributed by atoms with Crippen molar-refractivity contribution in [3.05, 3.63) is 47.4 Å². The van der Waals surface area contributed by atoms with Crippen LogP contribution < -0.4 is 10.0 Å². The SMILES string of the molecule is CCNc1ccc(S(=O)(=O)Nc2cc(Cl)ccc2F)cn1. The Morgan fingerprint density at radius 3 is 2.67 bits per heavy atom. The van der Waals surface area contributed by atoms with Crippen molar-refractivity contribution in [3.63, 3.8) is 0 Å². The van der Waals surface area contributed by atoms with E-state index >= 15 is 0 Å². The Kier molecular flexibility index (Phi) is 4.64. The van der Waals surface area contributed by atoms with Crippen LogP contribution in [0.4, 0.5) is 15.9 Å². The van der Waals surface area contributed by atoms with E-state index in [-0.39, 0.29) is 15.6 Å². The number of nitrogens with zero attached hydrogens (tertiary/aromatic N) is 1. The normalized spacial score (nSPS) is 11.2. The number of halogens is 2. The van der Waals surface area contributed by atoms with Crippen LogP contribution in [0.15, 0.2) is 41.4 Å². The second kappa shape index (κ2) is 6.28. The lowest BCUT2D eigenvalue weighted by molar-refractivity contribution is 0.598. The topological polar surface area (TPSA) is 71.1 Å². The number of aromatic nitrogens is 1. The fourth-order valence-corrected chi connectivity index (χ4v) is 2.78. The molecule has 2 rings (SSSR count). The molecule has 1 aromatic heterocycles. The van der Waals surface area contributed by atoms with Gasteiger partial charge in [-0.15, -0.1) is 0 Å². The minimum absolute atomic E-state index is 0.0662. The number of pyridine rings is 1. The van der Waals surface area contributed by atoms with Crippen molar-refractivity contribution >= 4 is 33.1 Å². The molecule has 1 heterocycles. The molecule has 0 radical (unpaired) electrons. The van der Waals surface area contributed by atoms with Gasteiger partial charge in [-0.2, -0.15) is 0 Å². The summed E-state index contributed by atoms with van der Waals surface area (Å²) in [6.07, 6.45) is 1.20. The number of anilines is 2. The molecule has 0 spiro atoms. The van der Waals surface area contributed by atoms with Gasteiger partial charge in [-0.1, -0.05) is 11.6 Å². The lowest BCUT2D eigenvalue weighted by atomic mass is 10.3. The lowest BCUT2D eigenvalue weighted by Crippen LogP contribution is -2.14. The number of hydrogen-bond donors (Lipinski definition) is 2. The van der Waals surface area contributed by atoms with Crippen LogP contribution in [0, 0.1) is 5.82 Å². The lowest BCUT2D eigenvalue weighted by Gasteiger charge is -2.09. The molecular formula is C13H13ClFN3O2S. The molecule has 0 bridgehead atoms. The summed E-state index contributed by atoms with van der Waals surface area (Å²) in [7, 11) is -3.92. The van der Waals surface area contributed by atoms with Gasteiger partial charge in [-0.05, 0) is 37.3 Å². The van der Waals surface area contributed by atoms with Crippen molar-refractivity contribution in [2.24, 2.45) is 0 Å². The van der Waals surface area contributed by atoms with Crippen LogP contribution in [-0.2, 0) is 10.0 Å². The highest BCUT2D eigenvalue weighted by molar-refractivity contribution is 7.92. The average molecular weight is 330 g/mol. The van der Waals surface area contributed by atoms with Gasteiger partial charge in [0.25, 0.3) is 10.0 Å². The van der Waals surface area contributed by atoms with Gasteiger partial charge in [0.05, 0.1) is 5.69 Å². The standard InChI is InChI=1S/C13H13ClFN3O2S/c1-2-16-13-6-4-10(8-17-13)21(19,20)18-12-7-9(14)3-5-11(12)15/h3-8,18H,2H2,1H3,(H,16,17). The Hall–Kier alpha value is -1.86. The molecule has 0 saturated carbocycles. The molecule has 0 saturated heterocycles. The quantitative estimate of drug-likeness (QED) is 0.884. The molecule has 0 unspecified atom stereocenters. The maximum absolute atomic E-state index is 13.6. The number of nitrogens with one attached hydrogen (secondary N) is 2. The van der Waals surface area contributed by atoms with Gasteiger partial charge in [-0.25, -0.2) is 17.8 Å². The molecular weight excluding hydrogens is 317 g/mol. The molecule has 1 aromatic carbocycles. The highest BCUT2D eigenvalue weighted by Crippen LogP contribution is 2.23. The molecule has 0 amide bonds. The highest BCUT2D eigenvalue weighted by Gasteiger charge is 2.17. The van der Waals surface area contributed by atoms with Crippen molar-refractivity contribution in [3.8, 4) is 0 Å². The van der Waals surface area contributed by atoms with E-state index in [9.17, 15) is 12.8 Å². The second-order valence-corrected chi connectivity index (χ2v) is 6.26. The van der Waals surface area contributed by atoms with Gasteiger partial charge in [-0.3, -0.25) is 4.72 Å². The molecule has 8 heteroatoms. The van der Waals surface area contributed by atoms with E-state index in [1.807, 2.05) is 6.92 Å². The average Bonchev–Trinajstić information content (AvgIpc) is 2.44. The molecule has 2 aromatic rings. The minimum Gasteiger partial charge on any atom is -0.370 e. The number of hydrogen-bond acceptors (Lipinski definition) is 4. The summed E-state index contributed by atoms with van der Waals surface area (Å²) in [4.78, 5) is 3.90. The smallest absolute Gasteiger partial charge is 0.263 e. The third-order valence-corrected chi connectivity index (χ3v) is 4.16. The summed E-state index contributed by atoms with van der Waals surface area (Å²) >= 11 is 5.73. The first-order valence-corrected chi connectivity index (χ1v) is 7.96. The van der Waals surface area contributed by atoms with Crippen LogP contribution in [0.25, 0.3) is 0 Å². The summed E-state index contributed by atoms with van der Waals surface area (Å²) in [5, 5.41) is 3.18. The molecule has 0 aliphatic heterocycles. The third-order valence-electron chi connectivity index (χ3n) is 2.58. The van der Waals surface area contributed by atoms with E-state index in [4.69, 9.17) is 11.6 Å². The van der Waals surface area contributed by atoms with E-state index in [0.717, 1.165) is 6.07 Å². The first-order chi connectivity index (χ1) is 9.92. The Bertz CT molecular complexity index is 736. The molecule has 0 aliphatic carbocycles. The molecule has 5 nitrogen and oxygen atoms in total. The van der Waals surface area contributed by atoms with Crippen molar-refractivity contribution in [1.82, 2.24) is 4.98 Å². The monoisotopic (exact) mass is 329 g/mol. The second-order valence-electron chi connectivity index (χ2n) is 4.14. The summed E-state index contributed by atoms with van der Waals surface area (Å²) in [5.41, 5.74) is -0.210. The van der Waals surface area contributed by atoms with E-state index in [0.29, 0.717) is 12.4 Å². The van der Waals surface area contributed by atoms with Crippen molar-refractivity contribution < 1.29 is 12.8 Å². The van der Waals surface area contributed by atoms with E-state index in [1.165, 1.54) is 30.5 Å². The highest BCUT2D eigenvalue weighted by atomic mass is 35.5. The van der Waals surface area contributed by atoms with E-state index < -0.39 is 15.8 Å². The van der Waals surface area contributed by atoms with Crippen molar-refractivity contribution in [1.29, 1.82) is 0 Å². The Balaban J connectivity index is 2.27. The summed E-state index contributed by atoms with van der Waals surface area (Å²) < 4.78 is 40.0. The van der Waals surface area contributed by atoms with Crippen molar-refractivity contribution in [2.75, 3.05) is 16.6 Å². The maximum Gasteiger partial charge on any atom is 0.263 e. The third kappa shape index (κ3) is 3.83. The van der Waals surface area contributed by atoms with Crippen LogP contribution in [0.5, 0.6) is 0 Å². The first-order valence-electron chi connectivity index (χ1n) is 6.10. The summed E-state index contributed by atoms with van der Waals surface area (Å²) in [5.74, 6) is -0.148. The first kappa shape index (κ1) is 15.5. The van der Waals surface area contributed by atoms with Crippen molar-refractivity contribution in [2.45, 2.75) is 11.8 Å². The predicted molar refractivity (Wildman–Crippen MR) is 80.6 cm³/mol. The van der Waals surface area contributed by atoms with Gasteiger partial charge >= 0.3 is 0 Å². The fourth-order valence-electron chi connectivity index (χ4n) is 1.60. The summed E-state index contributed by atoms with van der Waals surface area (Å²) in [6.45, 7) is 2.57. The zero-order chi connectivity index (χ0) is 15.5. The number of rotatable bonds is 5. The molecule has 0 aliphatic rings. The molecule has 2 N–H and O–H groups in total. The van der Waals surface area contributed by atoms with Crippen LogP contribution >= 0.6 is 11.6 Å². The Morgan fingerprint density at radius 1 is 1.29 bits per heavy atom. The zero-order valence-electron chi connectivity index (χ0n) is 11.1. The van der Waals surface area contributed by atoms with Gasteiger partial charge < -0.3 is 5.32 Å². The van der Waals surface area contributed by atoms with Crippen LogP contribution in [0.2, 0.25) is 5.02 Å². The number of sulfonamides is 1. The van der Waals surface area contributed by atoms with Gasteiger partial charge in [0.2, 0.25) is 0 Å². The molecule has 112 valence electrons. The summed E-state index contributed by atoms with van der Waals surface area (Å²) in [6, 6.07) is 6.55. The fraction of sp³-hybridized carbons (Fsp3) is 0.154. The van der Waals surface area contributed by atoms with Crippen LogP contribution in [0.3, 0.4) is 0 Å². The van der Waals surface area contributed by atoms with Gasteiger partial charge in [0.1, 0.15) is 16.5 Å².